The van der Waals surface area contributed by atoms with Gasteiger partial charge in [0.05, 0.1) is 11.1 Å². The molecular formula is C17H15BrClNS. The molecule has 4 heteroatoms. The van der Waals surface area contributed by atoms with E-state index in [9.17, 15) is 0 Å². The van der Waals surface area contributed by atoms with Gasteiger partial charge in [-0.15, -0.1) is 11.3 Å². The molecule has 1 unspecified atom stereocenters. The quantitative estimate of drug-likeness (QED) is 0.584. The zero-order valence-electron chi connectivity index (χ0n) is 11.6. The molecular weight excluding hydrogens is 366 g/mol. The molecule has 0 aliphatic heterocycles. The maximum atomic E-state index is 6.32. The lowest BCUT2D eigenvalue weighted by molar-refractivity contribution is 0.640. The molecule has 0 saturated heterocycles. The van der Waals surface area contributed by atoms with Crippen LogP contribution in [0.3, 0.4) is 0 Å². The molecule has 0 radical (unpaired) electrons. The summed E-state index contributed by atoms with van der Waals surface area (Å²) in [6.45, 7) is 3.02. The molecule has 1 N–H and O–H groups in total. The Morgan fingerprint density at radius 2 is 1.90 bits per heavy atom. The monoisotopic (exact) mass is 379 g/mol. The molecule has 1 nitrogen and oxygen atoms in total. The van der Waals surface area contributed by atoms with Crippen molar-refractivity contribution in [2.75, 3.05) is 6.54 Å². The molecule has 0 aliphatic carbocycles. The van der Waals surface area contributed by atoms with E-state index in [1.807, 2.05) is 11.4 Å². The zero-order chi connectivity index (χ0) is 14.8. The molecule has 0 aliphatic rings. The minimum absolute atomic E-state index is 0.149. The fraction of sp³-hybridized carbons (Fsp3) is 0.176. The molecule has 0 fully saturated rings. The number of hydrogen-bond donors (Lipinski definition) is 1. The number of nitrogens with one attached hydrogen (secondary N) is 1. The fourth-order valence-corrected chi connectivity index (χ4v) is 4.14. The zero-order valence-corrected chi connectivity index (χ0v) is 14.7. The van der Waals surface area contributed by atoms with Crippen LogP contribution in [0.1, 0.15) is 23.4 Å². The van der Waals surface area contributed by atoms with Crippen molar-refractivity contribution in [3.8, 4) is 0 Å². The third kappa shape index (κ3) is 3.16. The van der Waals surface area contributed by atoms with Crippen molar-refractivity contribution in [2.45, 2.75) is 13.0 Å². The first kappa shape index (κ1) is 15.0. The van der Waals surface area contributed by atoms with Crippen LogP contribution >= 0.6 is 38.9 Å². The molecule has 1 atom stereocenters. The van der Waals surface area contributed by atoms with Crippen LogP contribution in [-0.2, 0) is 0 Å². The smallest absolute Gasteiger partial charge is 0.0686 e. The highest BCUT2D eigenvalue weighted by atomic mass is 79.9. The van der Waals surface area contributed by atoms with E-state index in [0.717, 1.165) is 16.0 Å². The molecule has 1 aromatic heterocycles. The van der Waals surface area contributed by atoms with Crippen LogP contribution < -0.4 is 5.32 Å². The van der Waals surface area contributed by atoms with E-state index >= 15 is 0 Å². The standard InChI is InChI=1S/C17H15BrClNS/c1-2-20-16(17-15(19)7-8-21-17)13-4-3-12-10-14(18)6-5-11(12)9-13/h3-10,16,20H,2H2,1H3. The SMILES string of the molecule is CCNC(c1ccc2cc(Br)ccc2c1)c1sccc1Cl. The average Bonchev–Trinajstić information content (AvgIpc) is 2.90. The van der Waals surface area contributed by atoms with Crippen molar-refractivity contribution in [3.05, 3.63) is 67.8 Å². The number of benzene rings is 2. The first-order valence-electron chi connectivity index (χ1n) is 6.84. The van der Waals surface area contributed by atoms with Gasteiger partial charge in [0.15, 0.2) is 0 Å². The van der Waals surface area contributed by atoms with Crippen molar-refractivity contribution in [2.24, 2.45) is 0 Å². The Labute approximate surface area is 142 Å². The number of fused-ring (bicyclic) bond motifs is 1. The van der Waals surface area contributed by atoms with Gasteiger partial charge in [0.25, 0.3) is 0 Å². The predicted octanol–water partition coefficient (Wildman–Crippen LogP) is 6.02. The van der Waals surface area contributed by atoms with Gasteiger partial charge >= 0.3 is 0 Å². The van der Waals surface area contributed by atoms with E-state index in [2.05, 4.69) is 64.6 Å². The summed E-state index contributed by atoms with van der Waals surface area (Å²) in [5.74, 6) is 0. The number of halogens is 2. The fourth-order valence-electron chi connectivity index (χ4n) is 2.49. The highest BCUT2D eigenvalue weighted by Gasteiger charge is 2.17. The lowest BCUT2D eigenvalue weighted by atomic mass is 10.0. The first-order chi connectivity index (χ1) is 10.2. The lowest BCUT2D eigenvalue weighted by Crippen LogP contribution is -2.21. The topological polar surface area (TPSA) is 12.0 Å². The molecule has 0 amide bonds. The van der Waals surface area contributed by atoms with Crippen LogP contribution in [0.4, 0.5) is 0 Å². The van der Waals surface area contributed by atoms with Gasteiger partial charge in [-0.3, -0.25) is 0 Å². The Bertz CT molecular complexity index is 768. The van der Waals surface area contributed by atoms with Crippen LogP contribution in [0.5, 0.6) is 0 Å². The Balaban J connectivity index is 2.07. The van der Waals surface area contributed by atoms with Gasteiger partial charge in [0.2, 0.25) is 0 Å². The predicted molar refractivity (Wildman–Crippen MR) is 96.5 cm³/mol. The average molecular weight is 381 g/mol. The van der Waals surface area contributed by atoms with Crippen molar-refractivity contribution in [1.29, 1.82) is 0 Å². The second-order valence-corrected chi connectivity index (χ2v) is 7.14. The molecule has 0 saturated carbocycles. The van der Waals surface area contributed by atoms with Crippen molar-refractivity contribution < 1.29 is 0 Å². The van der Waals surface area contributed by atoms with Crippen LogP contribution in [-0.4, -0.2) is 6.54 Å². The second kappa shape index (κ2) is 6.49. The minimum atomic E-state index is 0.149. The number of rotatable bonds is 4. The van der Waals surface area contributed by atoms with E-state index in [0.29, 0.717) is 0 Å². The Morgan fingerprint density at radius 1 is 1.14 bits per heavy atom. The molecule has 3 rings (SSSR count). The van der Waals surface area contributed by atoms with Crippen LogP contribution in [0.15, 0.2) is 52.3 Å². The van der Waals surface area contributed by atoms with E-state index < -0.39 is 0 Å². The first-order valence-corrected chi connectivity index (χ1v) is 8.89. The summed E-state index contributed by atoms with van der Waals surface area (Å²) in [5.41, 5.74) is 1.25. The molecule has 108 valence electrons. The second-order valence-electron chi connectivity index (χ2n) is 4.87. The van der Waals surface area contributed by atoms with Crippen molar-refractivity contribution in [1.82, 2.24) is 5.32 Å². The highest BCUT2D eigenvalue weighted by Crippen LogP contribution is 2.34. The molecule has 3 aromatic rings. The van der Waals surface area contributed by atoms with Gasteiger partial charge in [0.1, 0.15) is 0 Å². The molecule has 2 aromatic carbocycles. The Kier molecular flexibility index (Phi) is 4.65. The minimum Gasteiger partial charge on any atom is -0.306 e. The number of hydrogen-bond acceptors (Lipinski definition) is 2. The van der Waals surface area contributed by atoms with E-state index in [1.165, 1.54) is 21.2 Å². The lowest BCUT2D eigenvalue weighted by Gasteiger charge is -2.18. The maximum Gasteiger partial charge on any atom is 0.0686 e. The van der Waals surface area contributed by atoms with Crippen LogP contribution in [0.2, 0.25) is 5.02 Å². The molecule has 1 heterocycles. The summed E-state index contributed by atoms with van der Waals surface area (Å²) in [4.78, 5) is 1.18. The summed E-state index contributed by atoms with van der Waals surface area (Å²) in [6.07, 6.45) is 0. The maximum absolute atomic E-state index is 6.32. The normalized spacial score (nSPS) is 12.7. The largest absolute Gasteiger partial charge is 0.306 e. The van der Waals surface area contributed by atoms with Crippen molar-refractivity contribution in [3.63, 3.8) is 0 Å². The molecule has 21 heavy (non-hydrogen) atoms. The van der Waals surface area contributed by atoms with Gasteiger partial charge in [-0.1, -0.05) is 52.7 Å². The van der Waals surface area contributed by atoms with Gasteiger partial charge in [0, 0.05) is 9.35 Å². The number of thiophene rings is 1. The third-order valence-corrected chi connectivity index (χ3v) is 5.39. The van der Waals surface area contributed by atoms with E-state index in [1.54, 1.807) is 11.3 Å². The van der Waals surface area contributed by atoms with Gasteiger partial charge in [-0.2, -0.15) is 0 Å². The molecule has 0 spiro atoms. The summed E-state index contributed by atoms with van der Waals surface area (Å²) in [6, 6.07) is 15.1. The summed E-state index contributed by atoms with van der Waals surface area (Å²) in [7, 11) is 0. The van der Waals surface area contributed by atoms with Crippen LogP contribution in [0, 0.1) is 0 Å². The summed E-state index contributed by atoms with van der Waals surface area (Å²) >= 11 is 11.5. The van der Waals surface area contributed by atoms with Crippen molar-refractivity contribution >= 4 is 49.6 Å². The summed E-state index contributed by atoms with van der Waals surface area (Å²) < 4.78 is 1.10. The van der Waals surface area contributed by atoms with Crippen LogP contribution in [0.25, 0.3) is 10.8 Å². The van der Waals surface area contributed by atoms with Gasteiger partial charge in [-0.05, 0) is 52.5 Å². The highest BCUT2D eigenvalue weighted by molar-refractivity contribution is 9.10. The Morgan fingerprint density at radius 3 is 2.62 bits per heavy atom. The van der Waals surface area contributed by atoms with Gasteiger partial charge < -0.3 is 5.32 Å². The molecule has 0 bridgehead atoms. The Hall–Kier alpha value is -0.870. The van der Waals surface area contributed by atoms with E-state index in [-0.39, 0.29) is 6.04 Å². The van der Waals surface area contributed by atoms with Gasteiger partial charge in [-0.25, -0.2) is 0 Å². The third-order valence-electron chi connectivity index (χ3n) is 3.47. The van der Waals surface area contributed by atoms with E-state index in [4.69, 9.17) is 11.6 Å². The summed E-state index contributed by atoms with van der Waals surface area (Å²) in [5, 5.41) is 8.89.